The van der Waals surface area contributed by atoms with Gasteiger partial charge in [-0.25, -0.2) is 4.79 Å². The molecule has 5 atom stereocenters. The first-order chi connectivity index (χ1) is 25.5. The van der Waals surface area contributed by atoms with Crippen molar-refractivity contribution in [2.45, 2.75) is 128 Å². The second-order valence-corrected chi connectivity index (χ2v) is 19.3. The highest BCUT2D eigenvalue weighted by Gasteiger charge is 2.52. The first kappa shape index (κ1) is 35.5. The molecule has 3 aromatic rings. The number of aliphatic hydroxyl groups is 1. The summed E-state index contributed by atoms with van der Waals surface area (Å²) in [5.74, 6) is 2.42. The summed E-state index contributed by atoms with van der Waals surface area (Å²) < 4.78 is 13.5. The monoisotopic (exact) mass is 717 g/mol. The van der Waals surface area contributed by atoms with Crippen LogP contribution in [-0.2, 0) is 22.6 Å². The summed E-state index contributed by atoms with van der Waals surface area (Å²) in [7, 11) is 0. The SMILES string of the molecule is CC1(C)CC2CC(C)(CN2C[C@H]2C[C@@H](c3ccc(CO)cc3)O[C@@H](c3ccc(-c4cccc(CNC(=O)NC56CC7CC(CC(C7)C5)C6)c4)cc3)O2)C1. The minimum absolute atomic E-state index is 0.0154. The molecule has 2 saturated heterocycles. The fraction of sp³-hybridized carbons (Fsp3) is 0.587. The number of hydrogen-bond donors (Lipinski definition) is 3. The van der Waals surface area contributed by atoms with Gasteiger partial charge in [0.2, 0.25) is 0 Å². The average Bonchev–Trinajstić information content (AvgIpc) is 3.36. The minimum Gasteiger partial charge on any atom is -0.392 e. The van der Waals surface area contributed by atoms with Crippen LogP contribution in [0.15, 0.2) is 72.8 Å². The summed E-state index contributed by atoms with van der Waals surface area (Å²) in [6, 6.07) is 25.9. The van der Waals surface area contributed by atoms with E-state index in [9.17, 15) is 9.90 Å². The Morgan fingerprint density at radius 3 is 2.19 bits per heavy atom. The number of rotatable bonds is 9. The van der Waals surface area contributed by atoms with Crippen molar-refractivity contribution in [1.82, 2.24) is 15.5 Å². The molecule has 2 heterocycles. The zero-order chi connectivity index (χ0) is 36.4. The van der Waals surface area contributed by atoms with Crippen molar-refractivity contribution in [2.24, 2.45) is 28.6 Å². The third kappa shape index (κ3) is 7.56. The third-order valence-corrected chi connectivity index (χ3v) is 13.9. The van der Waals surface area contributed by atoms with Gasteiger partial charge in [-0.15, -0.1) is 0 Å². The molecule has 0 aromatic heterocycles. The Bertz CT molecular complexity index is 1750. The number of aliphatic hydroxyl groups excluding tert-OH is 1. The molecule has 0 spiro atoms. The number of hydrogen-bond acceptors (Lipinski definition) is 5. The van der Waals surface area contributed by atoms with Gasteiger partial charge in [0.15, 0.2) is 6.29 Å². The summed E-state index contributed by atoms with van der Waals surface area (Å²) in [5.41, 5.74) is 7.16. The van der Waals surface area contributed by atoms with Gasteiger partial charge in [0.1, 0.15) is 0 Å². The van der Waals surface area contributed by atoms with Gasteiger partial charge < -0.3 is 25.2 Å². The van der Waals surface area contributed by atoms with Crippen LogP contribution in [0.4, 0.5) is 4.79 Å². The van der Waals surface area contributed by atoms with E-state index in [1.807, 2.05) is 12.1 Å². The lowest BCUT2D eigenvalue weighted by molar-refractivity contribution is -0.253. The van der Waals surface area contributed by atoms with Gasteiger partial charge >= 0.3 is 6.03 Å². The van der Waals surface area contributed by atoms with Crippen molar-refractivity contribution in [3.05, 3.63) is 95.1 Å². The molecule has 2 unspecified atom stereocenters. The standard InChI is InChI=1S/C46H59N3O4/c1-44(2)23-39-24-45(3,28-44)29-49(39)26-40-19-41(36-9-7-30(27-50)8-10-36)53-42(52-40)37-13-11-35(12-14-37)38-6-4-5-31(18-38)25-47-43(51)48-46-20-32-15-33(21-46)17-34(16-32)22-46/h4-14,18,32-34,39-42,50H,15-17,19-29H2,1-3H3,(H2,47,48,51)/t32?,33?,34?,39?,40-,41+,42+,45?,46?/m1/s1. The van der Waals surface area contributed by atoms with Crippen molar-refractivity contribution in [2.75, 3.05) is 13.1 Å². The van der Waals surface area contributed by atoms with Crippen molar-refractivity contribution in [3.63, 3.8) is 0 Å². The summed E-state index contributed by atoms with van der Waals surface area (Å²) in [6.45, 7) is 9.95. The molecule has 5 saturated carbocycles. The quantitative estimate of drug-likeness (QED) is 0.206. The van der Waals surface area contributed by atoms with Crippen LogP contribution in [0.25, 0.3) is 11.1 Å². The van der Waals surface area contributed by atoms with Gasteiger partial charge in [0.05, 0.1) is 18.8 Å². The molecule has 0 radical (unpaired) electrons. The van der Waals surface area contributed by atoms with Crippen LogP contribution in [0, 0.1) is 28.6 Å². The highest BCUT2D eigenvalue weighted by atomic mass is 16.7. The number of likely N-dealkylation sites (tertiary alicyclic amines) is 1. The first-order valence-corrected chi connectivity index (χ1v) is 20.5. The molecule has 7 aliphatic rings. The molecule has 3 N–H and O–H groups in total. The van der Waals surface area contributed by atoms with Crippen LogP contribution in [0.5, 0.6) is 0 Å². The van der Waals surface area contributed by atoms with E-state index in [0.29, 0.717) is 23.4 Å². The van der Waals surface area contributed by atoms with Crippen LogP contribution in [0.2, 0.25) is 0 Å². The molecule has 6 bridgehead atoms. The third-order valence-electron chi connectivity index (χ3n) is 13.9. The number of urea groups is 1. The van der Waals surface area contributed by atoms with E-state index in [2.05, 4.69) is 97.0 Å². The van der Waals surface area contributed by atoms with Crippen molar-refractivity contribution in [1.29, 1.82) is 0 Å². The summed E-state index contributed by atoms with van der Waals surface area (Å²) in [4.78, 5) is 15.8. The number of nitrogens with one attached hydrogen (secondary N) is 2. The molecule has 3 aromatic carbocycles. The van der Waals surface area contributed by atoms with E-state index in [1.165, 1.54) is 38.5 Å². The predicted octanol–water partition coefficient (Wildman–Crippen LogP) is 9.06. The molecule has 7 nitrogen and oxygen atoms in total. The second kappa shape index (κ2) is 13.8. The fourth-order valence-electron chi connectivity index (χ4n) is 12.5. The molecule has 2 aliphatic heterocycles. The highest BCUT2D eigenvalue weighted by Crippen LogP contribution is 2.56. The van der Waals surface area contributed by atoms with E-state index in [4.69, 9.17) is 9.47 Å². The van der Waals surface area contributed by atoms with Gasteiger partial charge in [0.25, 0.3) is 0 Å². The smallest absolute Gasteiger partial charge is 0.315 e. The second-order valence-electron chi connectivity index (χ2n) is 19.3. The Hall–Kier alpha value is -3.23. The number of benzene rings is 3. The number of ether oxygens (including phenoxy) is 2. The molecule has 7 fully saturated rings. The van der Waals surface area contributed by atoms with E-state index in [-0.39, 0.29) is 30.4 Å². The lowest BCUT2D eigenvalue weighted by atomic mass is 9.53. The van der Waals surface area contributed by atoms with Crippen LogP contribution in [0.1, 0.15) is 120 Å². The Morgan fingerprint density at radius 1 is 0.792 bits per heavy atom. The Labute approximate surface area is 316 Å². The lowest BCUT2D eigenvalue weighted by Gasteiger charge is -2.56. The molecule has 53 heavy (non-hydrogen) atoms. The highest BCUT2D eigenvalue weighted by molar-refractivity contribution is 5.75. The lowest BCUT2D eigenvalue weighted by Crippen LogP contribution is -2.61. The Morgan fingerprint density at radius 2 is 1.49 bits per heavy atom. The van der Waals surface area contributed by atoms with E-state index >= 15 is 0 Å². The summed E-state index contributed by atoms with van der Waals surface area (Å²) in [6.07, 6.45) is 11.7. The van der Waals surface area contributed by atoms with Crippen molar-refractivity contribution >= 4 is 6.03 Å². The minimum atomic E-state index is -0.470. The van der Waals surface area contributed by atoms with E-state index < -0.39 is 6.29 Å². The maximum Gasteiger partial charge on any atom is 0.315 e. The normalized spacial score (nSPS) is 35.7. The van der Waals surface area contributed by atoms with E-state index in [0.717, 1.165) is 89.9 Å². The van der Waals surface area contributed by atoms with Gasteiger partial charge in [-0.2, -0.15) is 0 Å². The Kier molecular flexibility index (Phi) is 9.24. The van der Waals surface area contributed by atoms with Crippen molar-refractivity contribution in [3.8, 4) is 11.1 Å². The van der Waals surface area contributed by atoms with E-state index in [1.54, 1.807) is 0 Å². The zero-order valence-electron chi connectivity index (χ0n) is 32.0. The molecule has 2 amide bonds. The maximum atomic E-state index is 13.1. The summed E-state index contributed by atoms with van der Waals surface area (Å²) >= 11 is 0. The van der Waals surface area contributed by atoms with Crippen LogP contribution in [0.3, 0.4) is 0 Å². The maximum absolute atomic E-state index is 13.1. The zero-order valence-corrected chi connectivity index (χ0v) is 32.0. The molecule has 282 valence electrons. The topological polar surface area (TPSA) is 83.1 Å². The molecular weight excluding hydrogens is 659 g/mol. The predicted molar refractivity (Wildman–Crippen MR) is 208 cm³/mol. The molecule has 5 aliphatic carbocycles. The number of nitrogens with zero attached hydrogens (tertiary/aromatic N) is 1. The van der Waals surface area contributed by atoms with Crippen molar-refractivity contribution < 1.29 is 19.4 Å². The number of fused-ring (bicyclic) bond motifs is 2. The van der Waals surface area contributed by atoms with Gasteiger partial charge in [0, 0.05) is 43.2 Å². The molecule has 10 rings (SSSR count). The number of carbonyl (C=O) groups is 1. The summed E-state index contributed by atoms with van der Waals surface area (Å²) in [5, 5.41) is 16.3. The van der Waals surface area contributed by atoms with Crippen LogP contribution >= 0.6 is 0 Å². The van der Waals surface area contributed by atoms with Gasteiger partial charge in [-0.1, -0.05) is 87.5 Å². The fourth-order valence-corrected chi connectivity index (χ4v) is 12.5. The van der Waals surface area contributed by atoms with Gasteiger partial charge in [-0.3, -0.25) is 4.90 Å². The first-order valence-electron chi connectivity index (χ1n) is 20.5. The number of amides is 2. The Balaban J connectivity index is 0.869. The van der Waals surface area contributed by atoms with Crippen LogP contribution < -0.4 is 10.6 Å². The largest absolute Gasteiger partial charge is 0.392 e. The van der Waals surface area contributed by atoms with Crippen LogP contribution in [-0.4, -0.2) is 46.8 Å². The average molecular weight is 718 g/mol. The molecule has 7 heteroatoms. The molecular formula is C46H59N3O4. The van der Waals surface area contributed by atoms with Gasteiger partial charge in [-0.05, 0) is 120 Å². The number of carbonyl (C=O) groups excluding carboxylic acids is 1.